The third-order valence-electron chi connectivity index (χ3n) is 2.78. The summed E-state index contributed by atoms with van der Waals surface area (Å²) in [6.07, 6.45) is 3.27. The predicted octanol–water partition coefficient (Wildman–Crippen LogP) is 2.60. The first-order valence-corrected chi connectivity index (χ1v) is 5.71. The molecule has 0 unspecified atom stereocenters. The number of hydrogen-bond acceptors (Lipinski definition) is 2. The van der Waals surface area contributed by atoms with E-state index in [1.165, 1.54) is 12.1 Å². The van der Waals surface area contributed by atoms with E-state index in [-0.39, 0.29) is 12.1 Å². The minimum atomic E-state index is -1.14. The number of rotatable bonds is 3. The zero-order chi connectivity index (χ0) is 13.8. The van der Waals surface area contributed by atoms with E-state index >= 15 is 0 Å². The first-order valence-electron chi connectivity index (χ1n) is 5.71. The third-order valence-corrected chi connectivity index (χ3v) is 2.78. The molecular formula is C14H12F2N2O. The van der Waals surface area contributed by atoms with Crippen LogP contribution in [-0.2, 0) is 6.54 Å². The Morgan fingerprint density at radius 1 is 1.32 bits per heavy atom. The van der Waals surface area contributed by atoms with Crippen molar-refractivity contribution in [2.24, 2.45) is 0 Å². The highest BCUT2D eigenvalue weighted by atomic mass is 19.2. The normalized spacial score (nSPS) is 10.3. The van der Waals surface area contributed by atoms with Gasteiger partial charge < -0.3 is 5.32 Å². The Bertz CT molecular complexity index is 614. The van der Waals surface area contributed by atoms with Gasteiger partial charge in [-0.2, -0.15) is 0 Å². The van der Waals surface area contributed by atoms with Gasteiger partial charge in [-0.3, -0.25) is 9.78 Å². The zero-order valence-electron chi connectivity index (χ0n) is 10.3. The lowest BCUT2D eigenvalue weighted by Crippen LogP contribution is -2.24. The van der Waals surface area contributed by atoms with Crippen molar-refractivity contribution >= 4 is 5.91 Å². The highest BCUT2D eigenvalue weighted by Gasteiger charge is 2.14. The standard InChI is InChI=1S/C14H12F2N2O/c1-9-5-6-17-7-10(9)8-18-14(19)11-3-2-4-12(15)13(11)16/h2-7H,8H2,1H3,(H,18,19). The molecule has 0 atom stereocenters. The lowest BCUT2D eigenvalue weighted by Gasteiger charge is -2.08. The highest BCUT2D eigenvalue weighted by Crippen LogP contribution is 2.11. The fourth-order valence-electron chi connectivity index (χ4n) is 1.63. The Morgan fingerprint density at radius 2 is 2.11 bits per heavy atom. The largest absolute Gasteiger partial charge is 0.348 e. The maximum absolute atomic E-state index is 13.4. The molecule has 1 heterocycles. The molecule has 19 heavy (non-hydrogen) atoms. The average molecular weight is 262 g/mol. The molecule has 0 saturated heterocycles. The summed E-state index contributed by atoms with van der Waals surface area (Å²) in [4.78, 5) is 15.7. The summed E-state index contributed by atoms with van der Waals surface area (Å²) in [5.74, 6) is -2.83. The van der Waals surface area contributed by atoms with Gasteiger partial charge in [-0.25, -0.2) is 8.78 Å². The van der Waals surface area contributed by atoms with Crippen LogP contribution < -0.4 is 5.32 Å². The van der Waals surface area contributed by atoms with Gasteiger partial charge in [-0.1, -0.05) is 6.07 Å². The lowest BCUT2D eigenvalue weighted by atomic mass is 10.1. The van der Waals surface area contributed by atoms with E-state index in [2.05, 4.69) is 10.3 Å². The number of carbonyl (C=O) groups excluding carboxylic acids is 1. The molecule has 1 aromatic heterocycles. The van der Waals surface area contributed by atoms with Crippen LogP contribution in [0.25, 0.3) is 0 Å². The maximum atomic E-state index is 13.4. The van der Waals surface area contributed by atoms with E-state index in [0.717, 1.165) is 17.2 Å². The van der Waals surface area contributed by atoms with Crippen molar-refractivity contribution in [1.82, 2.24) is 10.3 Å². The van der Waals surface area contributed by atoms with E-state index in [1.807, 2.05) is 13.0 Å². The summed E-state index contributed by atoms with van der Waals surface area (Å²) in [6, 6.07) is 5.31. The van der Waals surface area contributed by atoms with Gasteiger partial charge in [0, 0.05) is 18.9 Å². The number of benzene rings is 1. The number of nitrogens with zero attached hydrogens (tertiary/aromatic N) is 1. The smallest absolute Gasteiger partial charge is 0.254 e. The minimum Gasteiger partial charge on any atom is -0.348 e. The van der Waals surface area contributed by atoms with Crippen LogP contribution >= 0.6 is 0 Å². The molecule has 1 aromatic carbocycles. The molecule has 0 aliphatic heterocycles. The molecule has 0 aliphatic carbocycles. The number of pyridine rings is 1. The Hall–Kier alpha value is -2.30. The van der Waals surface area contributed by atoms with Crippen molar-refractivity contribution in [1.29, 1.82) is 0 Å². The fraction of sp³-hybridized carbons (Fsp3) is 0.143. The first-order chi connectivity index (χ1) is 9.09. The summed E-state index contributed by atoms with van der Waals surface area (Å²) >= 11 is 0. The van der Waals surface area contributed by atoms with Crippen molar-refractivity contribution in [2.45, 2.75) is 13.5 Å². The van der Waals surface area contributed by atoms with E-state index in [1.54, 1.807) is 12.4 Å². The van der Waals surface area contributed by atoms with Crippen molar-refractivity contribution in [3.8, 4) is 0 Å². The third kappa shape index (κ3) is 2.93. The number of hydrogen-bond donors (Lipinski definition) is 1. The molecule has 0 bridgehead atoms. The number of aromatic nitrogens is 1. The van der Waals surface area contributed by atoms with Crippen LogP contribution in [-0.4, -0.2) is 10.9 Å². The van der Waals surface area contributed by atoms with E-state index in [4.69, 9.17) is 0 Å². The van der Waals surface area contributed by atoms with Crippen LogP contribution in [0.5, 0.6) is 0 Å². The van der Waals surface area contributed by atoms with E-state index < -0.39 is 17.5 Å². The van der Waals surface area contributed by atoms with Crippen LogP contribution in [0.4, 0.5) is 8.78 Å². The second-order valence-electron chi connectivity index (χ2n) is 4.09. The maximum Gasteiger partial charge on any atom is 0.254 e. The molecular weight excluding hydrogens is 250 g/mol. The first kappa shape index (κ1) is 13.1. The van der Waals surface area contributed by atoms with Crippen LogP contribution in [0.3, 0.4) is 0 Å². The topological polar surface area (TPSA) is 42.0 Å². The molecule has 0 aliphatic rings. The molecule has 3 nitrogen and oxygen atoms in total. The molecule has 5 heteroatoms. The highest BCUT2D eigenvalue weighted by molar-refractivity contribution is 5.94. The van der Waals surface area contributed by atoms with Gasteiger partial charge in [0.15, 0.2) is 11.6 Å². The van der Waals surface area contributed by atoms with Gasteiger partial charge >= 0.3 is 0 Å². The predicted molar refractivity (Wildman–Crippen MR) is 66.5 cm³/mol. The SMILES string of the molecule is Cc1ccncc1CNC(=O)c1cccc(F)c1F. The van der Waals surface area contributed by atoms with Crippen molar-refractivity contribution < 1.29 is 13.6 Å². The number of nitrogens with one attached hydrogen (secondary N) is 1. The Kier molecular flexibility index (Phi) is 3.85. The quantitative estimate of drug-likeness (QED) is 0.923. The zero-order valence-corrected chi connectivity index (χ0v) is 10.3. The average Bonchev–Trinajstić information content (AvgIpc) is 2.40. The summed E-state index contributed by atoms with van der Waals surface area (Å²) in [6.45, 7) is 2.10. The second-order valence-corrected chi connectivity index (χ2v) is 4.09. The fourth-order valence-corrected chi connectivity index (χ4v) is 1.63. The van der Waals surface area contributed by atoms with Gasteiger partial charge in [0.25, 0.3) is 5.91 Å². The molecule has 98 valence electrons. The summed E-state index contributed by atoms with van der Waals surface area (Å²) < 4.78 is 26.4. The van der Waals surface area contributed by atoms with Gasteiger partial charge in [0.2, 0.25) is 0 Å². The van der Waals surface area contributed by atoms with Crippen LogP contribution in [0.15, 0.2) is 36.7 Å². The number of amides is 1. The van der Waals surface area contributed by atoms with Crippen molar-refractivity contribution in [3.05, 3.63) is 65.0 Å². The summed E-state index contributed by atoms with van der Waals surface area (Å²) in [5, 5.41) is 2.54. The van der Waals surface area contributed by atoms with Gasteiger partial charge in [0.05, 0.1) is 5.56 Å². The number of aryl methyl sites for hydroxylation is 1. The molecule has 1 N–H and O–H groups in total. The van der Waals surface area contributed by atoms with Crippen molar-refractivity contribution in [3.63, 3.8) is 0 Å². The second kappa shape index (κ2) is 5.56. The molecule has 0 fully saturated rings. The minimum absolute atomic E-state index is 0.217. The molecule has 1 amide bonds. The van der Waals surface area contributed by atoms with Crippen LogP contribution in [0.2, 0.25) is 0 Å². The van der Waals surface area contributed by atoms with E-state index in [9.17, 15) is 13.6 Å². The van der Waals surface area contributed by atoms with Gasteiger partial charge in [-0.15, -0.1) is 0 Å². The Morgan fingerprint density at radius 3 is 2.84 bits per heavy atom. The molecule has 2 rings (SSSR count). The number of halogens is 2. The monoisotopic (exact) mass is 262 g/mol. The summed E-state index contributed by atoms with van der Waals surface area (Å²) in [7, 11) is 0. The molecule has 0 saturated carbocycles. The van der Waals surface area contributed by atoms with E-state index in [0.29, 0.717) is 0 Å². The van der Waals surface area contributed by atoms with Crippen molar-refractivity contribution in [2.75, 3.05) is 0 Å². The molecule has 0 spiro atoms. The van der Waals surface area contributed by atoms with Gasteiger partial charge in [-0.05, 0) is 36.2 Å². The Labute approximate surface area is 109 Å². The Balaban J connectivity index is 2.10. The van der Waals surface area contributed by atoms with Gasteiger partial charge in [0.1, 0.15) is 0 Å². The number of carbonyl (C=O) groups is 1. The summed E-state index contributed by atoms with van der Waals surface area (Å²) in [5.41, 5.74) is 1.49. The van der Waals surface area contributed by atoms with Crippen LogP contribution in [0, 0.1) is 18.6 Å². The van der Waals surface area contributed by atoms with Crippen LogP contribution in [0.1, 0.15) is 21.5 Å². The lowest BCUT2D eigenvalue weighted by molar-refractivity contribution is 0.0945. The molecule has 2 aromatic rings. The molecule has 0 radical (unpaired) electrons.